The first-order chi connectivity index (χ1) is 14.1. The largest absolute Gasteiger partial charge is 0.573 e. The third kappa shape index (κ3) is 3.57. The summed E-state index contributed by atoms with van der Waals surface area (Å²) in [4.78, 5) is 6.15. The number of hydrogen-bond donors (Lipinski definition) is 1. The summed E-state index contributed by atoms with van der Waals surface area (Å²) in [6, 6.07) is 12.9. The molecule has 1 aromatic heterocycles. The van der Waals surface area contributed by atoms with Crippen LogP contribution in [0.1, 0.15) is 18.1 Å². The van der Waals surface area contributed by atoms with Crippen molar-refractivity contribution in [2.24, 2.45) is 5.41 Å². The Morgan fingerprint density at radius 1 is 1.07 bits per heavy atom. The summed E-state index contributed by atoms with van der Waals surface area (Å²) in [6.07, 6.45) is 0.376. The molecule has 158 valence electrons. The Bertz CT molecular complexity index is 1010. The van der Waals surface area contributed by atoms with Gasteiger partial charge in [0.2, 0.25) is 0 Å². The molecule has 1 N–H and O–H groups in total. The van der Waals surface area contributed by atoms with E-state index in [1.54, 1.807) is 18.7 Å². The van der Waals surface area contributed by atoms with Crippen molar-refractivity contribution in [3.05, 3.63) is 78.4 Å². The predicted molar refractivity (Wildman–Crippen MR) is 105 cm³/mol. The van der Waals surface area contributed by atoms with Gasteiger partial charge in [0.25, 0.3) is 0 Å². The number of rotatable bonds is 5. The summed E-state index contributed by atoms with van der Waals surface area (Å²) in [7, 11) is 1.96. The highest BCUT2D eigenvalue weighted by atomic mass is 19.4. The van der Waals surface area contributed by atoms with Crippen LogP contribution < -0.4 is 4.74 Å². The van der Waals surface area contributed by atoms with Gasteiger partial charge in [-0.25, -0.2) is 4.98 Å². The molecule has 8 heteroatoms. The van der Waals surface area contributed by atoms with Gasteiger partial charge < -0.3 is 19.3 Å². The molecule has 4 rings (SSSR count). The second-order valence-electron chi connectivity index (χ2n) is 8.04. The van der Waals surface area contributed by atoms with Gasteiger partial charge >= 0.3 is 6.36 Å². The van der Waals surface area contributed by atoms with Gasteiger partial charge in [0.15, 0.2) is 0 Å². The molecule has 0 bridgehead atoms. The highest BCUT2D eigenvalue weighted by Gasteiger charge is 2.55. The Labute approximate surface area is 172 Å². The van der Waals surface area contributed by atoms with Crippen LogP contribution in [0.5, 0.6) is 5.75 Å². The van der Waals surface area contributed by atoms with E-state index >= 15 is 0 Å². The van der Waals surface area contributed by atoms with Gasteiger partial charge in [-0.2, -0.15) is 0 Å². The van der Waals surface area contributed by atoms with Crippen molar-refractivity contribution < 1.29 is 23.0 Å². The predicted octanol–water partition coefficient (Wildman–Crippen LogP) is 3.96. The molecule has 30 heavy (non-hydrogen) atoms. The van der Waals surface area contributed by atoms with Crippen LogP contribution in [0, 0.1) is 5.41 Å². The molecule has 0 amide bonds. The molecular formula is C22H22F3N3O2. The van der Waals surface area contributed by atoms with Crippen molar-refractivity contribution >= 4 is 0 Å². The van der Waals surface area contributed by atoms with Gasteiger partial charge in [-0.1, -0.05) is 31.2 Å². The fourth-order valence-electron chi connectivity index (χ4n) is 4.44. The van der Waals surface area contributed by atoms with Crippen molar-refractivity contribution in [2.75, 3.05) is 20.1 Å². The molecule has 2 aromatic carbocycles. The summed E-state index contributed by atoms with van der Waals surface area (Å²) in [5, 5.41) is 12.1. The standard InChI is InChI=1S/C22H22F3N3O2/c1-20(13-27(2)14-20)21(29,16-6-8-19(9-7-16)30-22(23,24)25)17-4-3-5-18(12-17)28-11-10-26-15-28/h3-12,15,29H,13-14H2,1-2H3/t21-/m1/s1. The maximum absolute atomic E-state index is 12.5. The minimum absolute atomic E-state index is 0.323. The molecule has 1 fully saturated rings. The Morgan fingerprint density at radius 2 is 1.77 bits per heavy atom. The smallest absolute Gasteiger partial charge is 0.406 e. The van der Waals surface area contributed by atoms with Crippen LogP contribution in [0.3, 0.4) is 0 Å². The minimum Gasteiger partial charge on any atom is -0.406 e. The highest BCUT2D eigenvalue weighted by Crippen LogP contribution is 2.50. The van der Waals surface area contributed by atoms with Crippen LogP contribution in [-0.2, 0) is 5.60 Å². The van der Waals surface area contributed by atoms with E-state index in [1.165, 1.54) is 24.3 Å². The van der Waals surface area contributed by atoms with E-state index in [0.29, 0.717) is 24.2 Å². The monoisotopic (exact) mass is 417 g/mol. The van der Waals surface area contributed by atoms with Crippen molar-refractivity contribution in [3.8, 4) is 11.4 Å². The maximum Gasteiger partial charge on any atom is 0.573 e. The third-order valence-electron chi connectivity index (χ3n) is 5.68. The number of alkyl halides is 3. The zero-order chi connectivity index (χ0) is 21.6. The van der Waals surface area contributed by atoms with Gasteiger partial charge in [0.1, 0.15) is 11.4 Å². The third-order valence-corrected chi connectivity index (χ3v) is 5.68. The molecule has 1 aliphatic rings. The number of imidazole rings is 1. The lowest BCUT2D eigenvalue weighted by Gasteiger charge is -2.56. The van der Waals surface area contributed by atoms with Gasteiger partial charge in [-0.05, 0) is 42.4 Å². The van der Waals surface area contributed by atoms with Gasteiger partial charge in [0.05, 0.1) is 6.33 Å². The topological polar surface area (TPSA) is 50.5 Å². The molecule has 0 spiro atoms. The second-order valence-corrected chi connectivity index (χ2v) is 8.04. The van der Waals surface area contributed by atoms with Crippen molar-refractivity contribution in [1.82, 2.24) is 14.5 Å². The number of nitrogens with zero attached hydrogens (tertiary/aromatic N) is 3. The SMILES string of the molecule is CN1CC(C)([C@@](O)(c2ccc(OC(F)(F)F)cc2)c2cccc(-n3ccnc3)c2)C1. The number of aromatic nitrogens is 2. The maximum atomic E-state index is 12.5. The van der Waals surface area contributed by atoms with Crippen LogP contribution >= 0.6 is 0 Å². The van der Waals surface area contributed by atoms with Crippen LogP contribution in [0.2, 0.25) is 0 Å². The summed E-state index contributed by atoms with van der Waals surface area (Å²) >= 11 is 0. The number of benzene rings is 2. The molecule has 3 aromatic rings. The fraction of sp³-hybridized carbons (Fsp3) is 0.318. The molecule has 5 nitrogen and oxygen atoms in total. The molecule has 2 heterocycles. The number of halogens is 3. The number of hydrogen-bond acceptors (Lipinski definition) is 4. The summed E-state index contributed by atoms with van der Waals surface area (Å²) in [5.74, 6) is -0.323. The molecular weight excluding hydrogens is 395 g/mol. The van der Waals surface area contributed by atoms with E-state index in [-0.39, 0.29) is 5.75 Å². The lowest BCUT2D eigenvalue weighted by atomic mass is 9.62. The van der Waals surface area contributed by atoms with E-state index < -0.39 is 17.4 Å². The van der Waals surface area contributed by atoms with E-state index in [0.717, 1.165) is 5.69 Å². The minimum atomic E-state index is -4.76. The lowest BCUT2D eigenvalue weighted by Crippen LogP contribution is -2.63. The Balaban J connectivity index is 1.78. The zero-order valence-corrected chi connectivity index (χ0v) is 16.6. The quantitative estimate of drug-likeness (QED) is 0.683. The first-order valence-electron chi connectivity index (χ1n) is 9.47. The van der Waals surface area contributed by atoms with Crippen molar-refractivity contribution in [1.29, 1.82) is 0 Å². The first-order valence-corrected chi connectivity index (χ1v) is 9.47. The highest BCUT2D eigenvalue weighted by molar-refractivity contribution is 5.46. The normalized spacial score (nSPS) is 18.5. The Morgan fingerprint density at radius 3 is 2.33 bits per heavy atom. The Hall–Kier alpha value is -2.84. The number of ether oxygens (including phenoxy) is 1. The fourth-order valence-corrected chi connectivity index (χ4v) is 4.44. The van der Waals surface area contributed by atoms with Crippen molar-refractivity contribution in [3.63, 3.8) is 0 Å². The average molecular weight is 417 g/mol. The molecule has 1 saturated heterocycles. The molecule has 0 radical (unpaired) electrons. The number of aliphatic hydroxyl groups is 1. The lowest BCUT2D eigenvalue weighted by molar-refractivity contribution is -0.274. The second kappa shape index (κ2) is 7.14. The molecule has 0 aliphatic carbocycles. The average Bonchev–Trinajstić information content (AvgIpc) is 3.20. The van der Waals surface area contributed by atoms with Crippen LogP contribution in [0.25, 0.3) is 5.69 Å². The van der Waals surface area contributed by atoms with Crippen molar-refractivity contribution in [2.45, 2.75) is 18.9 Å². The summed E-state index contributed by atoms with van der Waals surface area (Å²) in [6.45, 7) is 3.26. The first kappa shape index (κ1) is 20.4. The zero-order valence-electron chi connectivity index (χ0n) is 16.6. The molecule has 0 saturated carbocycles. The number of likely N-dealkylation sites (tertiary alicyclic amines) is 1. The summed E-state index contributed by atoms with van der Waals surface area (Å²) < 4.78 is 43.4. The molecule has 0 unspecified atom stereocenters. The van der Waals surface area contributed by atoms with Crippen LogP contribution in [-0.4, -0.2) is 46.1 Å². The van der Waals surface area contributed by atoms with Gasteiger partial charge in [-0.15, -0.1) is 13.2 Å². The van der Waals surface area contributed by atoms with E-state index in [9.17, 15) is 18.3 Å². The van der Waals surface area contributed by atoms with Gasteiger partial charge in [0, 0.05) is 36.6 Å². The van der Waals surface area contributed by atoms with E-state index in [2.05, 4.69) is 14.6 Å². The molecule has 1 atom stereocenters. The van der Waals surface area contributed by atoms with Gasteiger partial charge in [-0.3, -0.25) is 0 Å². The van der Waals surface area contributed by atoms with E-state index in [4.69, 9.17) is 0 Å². The van der Waals surface area contributed by atoms with Crippen LogP contribution in [0.15, 0.2) is 67.3 Å². The molecule has 1 aliphatic heterocycles. The summed E-state index contributed by atoms with van der Waals surface area (Å²) in [5.41, 5.74) is 0.0649. The Kier molecular flexibility index (Phi) is 4.86. The van der Waals surface area contributed by atoms with Crippen LogP contribution in [0.4, 0.5) is 13.2 Å². The van der Waals surface area contributed by atoms with E-state index in [1.807, 2.05) is 42.8 Å².